The molecular weight excluding hydrogens is 160 g/mol. The highest BCUT2D eigenvalue weighted by Gasteiger charge is 2.47. The summed E-state index contributed by atoms with van der Waals surface area (Å²) in [5.41, 5.74) is -1.83. The highest BCUT2D eigenvalue weighted by molar-refractivity contribution is 4.84. The van der Waals surface area contributed by atoms with Gasteiger partial charge in [0.05, 0.1) is 0 Å². The molecule has 0 aromatic carbocycles. The average molecular weight is 176 g/mol. The van der Waals surface area contributed by atoms with Gasteiger partial charge in [0.2, 0.25) is 0 Å². The van der Waals surface area contributed by atoms with Crippen LogP contribution in [0.4, 0.5) is 0 Å². The molecule has 0 aliphatic carbocycles. The van der Waals surface area contributed by atoms with E-state index in [2.05, 4.69) is 0 Å². The minimum absolute atomic E-state index is 0.745. The van der Waals surface area contributed by atoms with Gasteiger partial charge in [-0.15, -0.1) is 0 Å². The lowest BCUT2D eigenvalue weighted by atomic mass is 10.1. The van der Waals surface area contributed by atoms with Crippen LogP contribution in [0.1, 0.15) is 27.7 Å². The first-order chi connectivity index (χ1) is 5.23. The van der Waals surface area contributed by atoms with Crippen LogP contribution in [0, 0.1) is 0 Å². The summed E-state index contributed by atoms with van der Waals surface area (Å²) in [5.74, 6) is 0. The Morgan fingerprint density at radius 2 is 1.83 bits per heavy atom. The number of ether oxygens (including phenoxy) is 2. The number of rotatable bonds is 1. The third kappa shape index (κ3) is 1.77. The van der Waals surface area contributed by atoms with Crippen LogP contribution in [0.2, 0.25) is 0 Å². The fourth-order valence-corrected chi connectivity index (χ4v) is 0.954. The third-order valence-electron chi connectivity index (χ3n) is 1.83. The van der Waals surface area contributed by atoms with Crippen molar-refractivity contribution >= 4 is 0 Å². The maximum atomic E-state index is 9.51. The first kappa shape index (κ1) is 9.92. The van der Waals surface area contributed by atoms with E-state index in [1.54, 1.807) is 27.7 Å². The lowest BCUT2D eigenvalue weighted by molar-refractivity contribution is -0.197. The average Bonchev–Trinajstić information content (AvgIpc) is 2.06. The van der Waals surface area contributed by atoms with Crippen molar-refractivity contribution in [2.24, 2.45) is 0 Å². The minimum atomic E-state index is -1.09. The molecule has 4 heteroatoms. The van der Waals surface area contributed by atoms with E-state index in [9.17, 15) is 10.2 Å². The summed E-state index contributed by atoms with van der Waals surface area (Å²) in [6.07, 6.45) is -1.74. The fraction of sp³-hybridized carbons (Fsp3) is 1.00. The van der Waals surface area contributed by atoms with Crippen molar-refractivity contribution < 1.29 is 19.7 Å². The largest absolute Gasteiger partial charge is 0.385 e. The first-order valence-corrected chi connectivity index (χ1v) is 3.97. The van der Waals surface area contributed by atoms with Gasteiger partial charge < -0.3 is 19.7 Å². The summed E-state index contributed by atoms with van der Waals surface area (Å²) in [5, 5.41) is 18.8. The SMILES string of the molecule is CC(C)(O)C1OC(O)C(C)(C)O1. The maximum absolute atomic E-state index is 9.51. The predicted molar refractivity (Wildman–Crippen MR) is 42.3 cm³/mol. The van der Waals surface area contributed by atoms with E-state index < -0.39 is 23.8 Å². The topological polar surface area (TPSA) is 58.9 Å². The van der Waals surface area contributed by atoms with Crippen LogP contribution in [-0.2, 0) is 9.47 Å². The Hall–Kier alpha value is -0.160. The zero-order valence-electron chi connectivity index (χ0n) is 7.87. The van der Waals surface area contributed by atoms with Gasteiger partial charge in [-0.25, -0.2) is 0 Å². The Morgan fingerprint density at radius 3 is 2.00 bits per heavy atom. The van der Waals surface area contributed by atoms with Gasteiger partial charge in [0.15, 0.2) is 12.6 Å². The number of hydrogen-bond acceptors (Lipinski definition) is 4. The minimum Gasteiger partial charge on any atom is -0.385 e. The number of aliphatic hydroxyl groups excluding tert-OH is 1. The summed E-state index contributed by atoms with van der Waals surface area (Å²) < 4.78 is 10.3. The van der Waals surface area contributed by atoms with Gasteiger partial charge >= 0.3 is 0 Å². The molecule has 0 saturated carbocycles. The Bertz CT molecular complexity index is 170. The summed E-state index contributed by atoms with van der Waals surface area (Å²) in [4.78, 5) is 0. The summed E-state index contributed by atoms with van der Waals surface area (Å²) in [7, 11) is 0. The molecule has 72 valence electrons. The van der Waals surface area contributed by atoms with E-state index in [0.717, 1.165) is 0 Å². The summed E-state index contributed by atoms with van der Waals surface area (Å²) in [6.45, 7) is 6.57. The lowest BCUT2D eigenvalue weighted by Crippen LogP contribution is -2.38. The van der Waals surface area contributed by atoms with Gasteiger partial charge in [0.1, 0.15) is 11.2 Å². The van der Waals surface area contributed by atoms with E-state index >= 15 is 0 Å². The van der Waals surface area contributed by atoms with Crippen LogP contribution < -0.4 is 0 Å². The fourth-order valence-electron chi connectivity index (χ4n) is 0.954. The molecule has 1 heterocycles. The number of aliphatic hydroxyl groups is 2. The maximum Gasteiger partial charge on any atom is 0.189 e. The van der Waals surface area contributed by atoms with Crippen molar-refractivity contribution in [2.75, 3.05) is 0 Å². The molecule has 0 bridgehead atoms. The van der Waals surface area contributed by atoms with Crippen molar-refractivity contribution in [3.05, 3.63) is 0 Å². The molecule has 2 unspecified atom stereocenters. The molecule has 1 aliphatic rings. The molecule has 0 spiro atoms. The van der Waals surface area contributed by atoms with Gasteiger partial charge in [-0.3, -0.25) is 0 Å². The predicted octanol–water partition coefficient (Wildman–Crippen LogP) is 0.227. The Labute approximate surface area is 72.1 Å². The molecule has 1 rings (SSSR count). The molecule has 0 radical (unpaired) electrons. The van der Waals surface area contributed by atoms with E-state index in [0.29, 0.717) is 0 Å². The zero-order chi connectivity index (χ0) is 9.57. The zero-order valence-corrected chi connectivity index (χ0v) is 7.87. The monoisotopic (exact) mass is 176 g/mol. The molecule has 2 N–H and O–H groups in total. The molecule has 2 atom stereocenters. The quantitative estimate of drug-likeness (QED) is 0.600. The molecule has 4 nitrogen and oxygen atoms in total. The second kappa shape index (κ2) is 2.67. The molecule has 1 aliphatic heterocycles. The number of hydrogen-bond donors (Lipinski definition) is 2. The highest BCUT2D eigenvalue weighted by Crippen LogP contribution is 2.32. The van der Waals surface area contributed by atoms with Crippen LogP contribution in [0.15, 0.2) is 0 Å². The van der Waals surface area contributed by atoms with Gasteiger partial charge in [0, 0.05) is 0 Å². The molecule has 1 saturated heterocycles. The summed E-state index contributed by atoms with van der Waals surface area (Å²) in [6, 6.07) is 0. The smallest absolute Gasteiger partial charge is 0.189 e. The third-order valence-corrected chi connectivity index (χ3v) is 1.83. The van der Waals surface area contributed by atoms with Gasteiger partial charge in [-0.05, 0) is 27.7 Å². The van der Waals surface area contributed by atoms with Crippen LogP contribution >= 0.6 is 0 Å². The van der Waals surface area contributed by atoms with Crippen LogP contribution in [-0.4, -0.2) is 34.0 Å². The standard InChI is InChI=1S/C8H16O4/c1-7(2,10)6-11-5(9)8(3,4)12-6/h5-6,9-10H,1-4H3. The normalized spacial score (nSPS) is 35.5. The van der Waals surface area contributed by atoms with Crippen molar-refractivity contribution in [3.63, 3.8) is 0 Å². The van der Waals surface area contributed by atoms with Gasteiger partial charge in [0.25, 0.3) is 0 Å². The second-order valence-electron chi connectivity index (χ2n) is 4.20. The van der Waals surface area contributed by atoms with Crippen LogP contribution in [0.3, 0.4) is 0 Å². The molecular formula is C8H16O4. The van der Waals surface area contributed by atoms with Crippen LogP contribution in [0.25, 0.3) is 0 Å². The van der Waals surface area contributed by atoms with Crippen LogP contribution in [0.5, 0.6) is 0 Å². The van der Waals surface area contributed by atoms with E-state index in [1.807, 2.05) is 0 Å². The van der Waals surface area contributed by atoms with Crippen molar-refractivity contribution in [1.82, 2.24) is 0 Å². The molecule has 0 aromatic heterocycles. The molecule has 12 heavy (non-hydrogen) atoms. The first-order valence-electron chi connectivity index (χ1n) is 3.97. The Morgan fingerprint density at radius 1 is 1.33 bits per heavy atom. The molecule has 0 amide bonds. The van der Waals surface area contributed by atoms with E-state index in [4.69, 9.17) is 9.47 Å². The van der Waals surface area contributed by atoms with E-state index in [-0.39, 0.29) is 0 Å². The van der Waals surface area contributed by atoms with Crippen molar-refractivity contribution in [2.45, 2.75) is 51.5 Å². The van der Waals surface area contributed by atoms with Crippen molar-refractivity contribution in [1.29, 1.82) is 0 Å². The van der Waals surface area contributed by atoms with Crippen molar-refractivity contribution in [3.8, 4) is 0 Å². The molecule has 0 aromatic rings. The Balaban J connectivity index is 2.67. The lowest BCUT2D eigenvalue weighted by Gasteiger charge is -2.24. The molecule has 1 fully saturated rings. The van der Waals surface area contributed by atoms with Gasteiger partial charge in [-0.2, -0.15) is 0 Å². The van der Waals surface area contributed by atoms with Gasteiger partial charge in [-0.1, -0.05) is 0 Å². The Kier molecular flexibility index (Phi) is 2.21. The van der Waals surface area contributed by atoms with E-state index in [1.165, 1.54) is 0 Å². The highest BCUT2D eigenvalue weighted by atomic mass is 16.8. The second-order valence-corrected chi connectivity index (χ2v) is 4.20. The summed E-state index contributed by atoms with van der Waals surface area (Å²) >= 11 is 0.